The minimum atomic E-state index is -1.93. The summed E-state index contributed by atoms with van der Waals surface area (Å²) in [5.74, 6) is 1.73. The third-order valence-electron chi connectivity index (χ3n) is 3.73. The molecule has 1 aliphatic carbocycles. The van der Waals surface area contributed by atoms with Crippen molar-refractivity contribution in [1.82, 2.24) is 0 Å². The zero-order chi connectivity index (χ0) is 15.6. The normalized spacial score (nSPS) is 13.3. The fourth-order valence-electron chi connectivity index (χ4n) is 2.33. The Morgan fingerprint density at radius 3 is 2.17 bits per heavy atom. The van der Waals surface area contributed by atoms with Crippen LogP contribution in [0.4, 0.5) is 0 Å². The Morgan fingerprint density at radius 2 is 1.70 bits per heavy atom. The van der Waals surface area contributed by atoms with Crippen molar-refractivity contribution in [3.05, 3.63) is 45.4 Å². The Kier molecular flexibility index (Phi) is 8.87. The molecule has 1 aromatic carbocycles. The SMILES string of the molecule is Cl.Cl.[CH2]=[Ti]([O]c1cc(OC)cc(C(C)(C)C)c1)[C]1=C(C)C=CC1. The van der Waals surface area contributed by atoms with Crippen molar-refractivity contribution in [2.24, 2.45) is 0 Å². The molecule has 2 nitrogen and oxygen atoms in total. The van der Waals surface area contributed by atoms with Crippen LogP contribution in [0.1, 0.15) is 39.7 Å². The number of halogens is 2. The van der Waals surface area contributed by atoms with Crippen molar-refractivity contribution in [1.29, 1.82) is 0 Å². The zero-order valence-electron chi connectivity index (χ0n) is 14.4. The quantitative estimate of drug-likeness (QED) is 0.637. The third-order valence-corrected chi connectivity index (χ3v) is 6.46. The van der Waals surface area contributed by atoms with Crippen LogP contribution in [0.5, 0.6) is 11.5 Å². The van der Waals surface area contributed by atoms with E-state index in [1.807, 2.05) is 6.07 Å². The molecule has 0 amide bonds. The van der Waals surface area contributed by atoms with Crippen LogP contribution in [0.3, 0.4) is 0 Å². The molecule has 0 radical (unpaired) electrons. The van der Waals surface area contributed by atoms with E-state index in [-0.39, 0.29) is 30.2 Å². The Balaban J connectivity index is 0.00000242. The van der Waals surface area contributed by atoms with Gasteiger partial charge in [-0.05, 0) is 0 Å². The van der Waals surface area contributed by atoms with Gasteiger partial charge in [0, 0.05) is 0 Å². The predicted octanol–water partition coefficient (Wildman–Crippen LogP) is 5.41. The molecule has 1 aromatic rings. The molecule has 0 spiro atoms. The number of hydrogen-bond acceptors (Lipinski definition) is 2. The summed E-state index contributed by atoms with van der Waals surface area (Å²) in [6.45, 7) is 8.73. The van der Waals surface area contributed by atoms with Crippen LogP contribution >= 0.6 is 24.8 Å². The summed E-state index contributed by atoms with van der Waals surface area (Å²) in [5, 5.41) is 0. The van der Waals surface area contributed by atoms with Gasteiger partial charge in [0.05, 0.1) is 0 Å². The van der Waals surface area contributed by atoms with Gasteiger partial charge < -0.3 is 0 Å². The molecule has 5 heteroatoms. The van der Waals surface area contributed by atoms with E-state index in [0.29, 0.717) is 0 Å². The molecule has 0 atom stereocenters. The number of rotatable bonds is 4. The van der Waals surface area contributed by atoms with Gasteiger partial charge >= 0.3 is 134 Å². The average molecular weight is 393 g/mol. The van der Waals surface area contributed by atoms with Gasteiger partial charge in [-0.25, -0.2) is 0 Å². The van der Waals surface area contributed by atoms with E-state index >= 15 is 0 Å². The molecule has 0 bridgehead atoms. The standard InChI is InChI=1S/C11H16O2.C6H7.CH2.2ClH.Ti/c1-11(2,3)8-5-9(12)7-10(6-8)13-4;1-6-4-2-3-5-6;;;;/h5-7,12H,1-4H3;2,4H,3H2,1H3;1H2;2*1H;/q;;;;;+1/p-1. The van der Waals surface area contributed by atoms with Crippen LogP contribution in [0.2, 0.25) is 0 Å². The zero-order valence-corrected chi connectivity index (χ0v) is 17.6. The molecular weight excluding hydrogens is 367 g/mol. The number of methoxy groups -OCH3 is 1. The van der Waals surface area contributed by atoms with Crippen LogP contribution in [-0.4, -0.2) is 11.9 Å². The molecule has 0 heterocycles. The first-order valence-corrected chi connectivity index (χ1v) is 9.76. The third kappa shape index (κ3) is 5.79. The van der Waals surface area contributed by atoms with Crippen LogP contribution in [0.25, 0.3) is 0 Å². The van der Waals surface area contributed by atoms with E-state index in [1.54, 1.807) is 7.11 Å². The topological polar surface area (TPSA) is 18.5 Å². The summed E-state index contributed by atoms with van der Waals surface area (Å²) >= 11 is -1.93. The fraction of sp³-hybridized carbons (Fsp3) is 0.389. The predicted molar refractivity (Wildman–Crippen MR) is 100 cm³/mol. The average Bonchev–Trinajstić information content (AvgIpc) is 2.83. The minimum absolute atomic E-state index is 0. The first kappa shape index (κ1) is 22.5. The van der Waals surface area contributed by atoms with E-state index in [1.165, 1.54) is 15.0 Å². The van der Waals surface area contributed by atoms with Gasteiger partial charge in [-0.2, -0.15) is 0 Å². The van der Waals surface area contributed by atoms with Gasteiger partial charge in [0.1, 0.15) is 0 Å². The summed E-state index contributed by atoms with van der Waals surface area (Å²) < 4.78 is 13.0. The molecule has 0 N–H and O–H groups in total. The van der Waals surface area contributed by atoms with Crippen molar-refractivity contribution in [3.8, 4) is 11.5 Å². The van der Waals surface area contributed by atoms with Gasteiger partial charge in [0.2, 0.25) is 0 Å². The van der Waals surface area contributed by atoms with Crippen molar-refractivity contribution >= 4 is 29.6 Å². The summed E-state index contributed by atoms with van der Waals surface area (Å²) in [6.07, 6.45) is 5.36. The van der Waals surface area contributed by atoms with Crippen molar-refractivity contribution in [2.75, 3.05) is 7.11 Å². The molecule has 0 unspecified atom stereocenters. The second kappa shape index (κ2) is 9.08. The van der Waals surface area contributed by atoms with Crippen LogP contribution in [0, 0.1) is 0 Å². The van der Waals surface area contributed by atoms with Crippen LogP contribution in [0.15, 0.2) is 39.8 Å². The first-order valence-electron chi connectivity index (χ1n) is 7.24. The van der Waals surface area contributed by atoms with Gasteiger partial charge in [0.25, 0.3) is 0 Å². The Hall–Kier alpha value is -0.536. The Bertz CT molecular complexity index is 628. The Morgan fingerprint density at radius 1 is 1.09 bits per heavy atom. The summed E-state index contributed by atoms with van der Waals surface area (Å²) in [7, 11) is 1.69. The summed E-state index contributed by atoms with van der Waals surface area (Å²) in [4.78, 5) is 4.32. The van der Waals surface area contributed by atoms with E-state index in [2.05, 4.69) is 56.8 Å². The Labute approximate surface area is 158 Å². The maximum absolute atomic E-state index is 6.22. The molecule has 2 rings (SSSR count). The number of allylic oxidation sites excluding steroid dienone is 4. The molecule has 23 heavy (non-hydrogen) atoms. The van der Waals surface area contributed by atoms with Gasteiger partial charge in [-0.1, -0.05) is 0 Å². The van der Waals surface area contributed by atoms with E-state index in [9.17, 15) is 0 Å². The molecule has 128 valence electrons. The monoisotopic (exact) mass is 392 g/mol. The summed E-state index contributed by atoms with van der Waals surface area (Å²) in [5.41, 5.74) is 2.62. The number of ether oxygens (including phenoxy) is 1. The molecule has 0 aliphatic heterocycles. The number of benzene rings is 1. The van der Waals surface area contributed by atoms with Crippen molar-refractivity contribution in [3.63, 3.8) is 0 Å². The first-order chi connectivity index (χ1) is 9.81. The second-order valence-corrected chi connectivity index (χ2v) is 9.02. The van der Waals surface area contributed by atoms with E-state index < -0.39 is 17.8 Å². The van der Waals surface area contributed by atoms with Gasteiger partial charge in [-0.3, -0.25) is 0 Å². The molecule has 0 saturated carbocycles. The molecular formula is C18H26Cl2O2Ti. The summed E-state index contributed by atoms with van der Waals surface area (Å²) in [6, 6.07) is 6.17. The van der Waals surface area contributed by atoms with Crippen LogP contribution < -0.4 is 8.06 Å². The fourth-order valence-corrected chi connectivity index (χ4v) is 4.51. The molecule has 0 aromatic heterocycles. The van der Waals surface area contributed by atoms with Gasteiger partial charge in [-0.15, -0.1) is 24.8 Å². The van der Waals surface area contributed by atoms with E-state index in [0.717, 1.165) is 17.9 Å². The van der Waals surface area contributed by atoms with Crippen LogP contribution in [-0.2, 0) is 23.2 Å². The molecule has 0 saturated heterocycles. The van der Waals surface area contributed by atoms with Gasteiger partial charge in [0.15, 0.2) is 0 Å². The number of hydrogen-bond donors (Lipinski definition) is 0. The van der Waals surface area contributed by atoms with Crippen molar-refractivity contribution < 1.29 is 25.9 Å². The second-order valence-electron chi connectivity index (χ2n) is 6.44. The molecule has 1 aliphatic rings. The van der Waals surface area contributed by atoms with Crippen molar-refractivity contribution in [2.45, 2.75) is 39.5 Å². The van der Waals surface area contributed by atoms with E-state index in [4.69, 9.17) is 8.06 Å². The maximum atomic E-state index is 6.22. The molecule has 0 fully saturated rings.